The number of amides is 1. The minimum atomic E-state index is -3.72. The summed E-state index contributed by atoms with van der Waals surface area (Å²) in [4.78, 5) is 14.6. The normalized spacial score (nSPS) is 16.2. The third kappa shape index (κ3) is 4.36. The highest BCUT2D eigenvalue weighted by atomic mass is 32.2. The Kier molecular flexibility index (Phi) is 6.40. The van der Waals surface area contributed by atoms with Crippen LogP contribution in [-0.2, 0) is 10.0 Å². The lowest BCUT2D eigenvalue weighted by Crippen LogP contribution is -2.35. The molecule has 3 rings (SSSR count). The van der Waals surface area contributed by atoms with Gasteiger partial charge in [0.05, 0.1) is 17.7 Å². The van der Waals surface area contributed by atoms with E-state index in [1.807, 2.05) is 26.0 Å². The summed E-state index contributed by atoms with van der Waals surface area (Å²) in [6.45, 7) is 5.12. The molecule has 1 aromatic carbocycles. The first-order valence-electron chi connectivity index (χ1n) is 9.79. The Morgan fingerprint density at radius 1 is 1.17 bits per heavy atom. The topological polar surface area (TPSA) is 94.6 Å². The second-order valence-electron chi connectivity index (χ2n) is 7.08. The van der Waals surface area contributed by atoms with Crippen molar-refractivity contribution in [3.8, 4) is 6.07 Å². The van der Waals surface area contributed by atoms with E-state index < -0.39 is 10.0 Å². The summed E-state index contributed by atoms with van der Waals surface area (Å²) in [5, 5.41) is 8.75. The summed E-state index contributed by atoms with van der Waals surface area (Å²) in [7, 11) is -3.72. The van der Waals surface area contributed by atoms with Crippen LogP contribution in [0.5, 0.6) is 0 Å². The standard InChI is InChI=1S/C21H25N3O4S/c1-3-24(16(2)18-9-7-17(15-22)8-10-18)21(25)19-11-12-20(28-19)29(26,27)23-13-5-4-6-14-23/h7-12,16H,3-6,13-14H2,1-2H3. The van der Waals surface area contributed by atoms with Crippen molar-refractivity contribution in [1.82, 2.24) is 9.21 Å². The second kappa shape index (κ2) is 8.80. The van der Waals surface area contributed by atoms with Gasteiger partial charge in [-0.05, 0) is 56.5 Å². The van der Waals surface area contributed by atoms with Crippen LogP contribution in [0, 0.1) is 11.3 Å². The molecule has 29 heavy (non-hydrogen) atoms. The van der Waals surface area contributed by atoms with Crippen molar-refractivity contribution in [2.45, 2.75) is 44.2 Å². The molecule has 1 unspecified atom stereocenters. The minimum Gasteiger partial charge on any atom is -0.438 e. The van der Waals surface area contributed by atoms with Gasteiger partial charge in [0, 0.05) is 19.6 Å². The van der Waals surface area contributed by atoms with Crippen LogP contribution in [-0.4, -0.2) is 43.2 Å². The maximum atomic E-state index is 13.0. The van der Waals surface area contributed by atoms with E-state index in [2.05, 4.69) is 6.07 Å². The quantitative estimate of drug-likeness (QED) is 0.719. The van der Waals surface area contributed by atoms with Gasteiger partial charge in [-0.15, -0.1) is 0 Å². The predicted molar refractivity (Wildman–Crippen MR) is 108 cm³/mol. The van der Waals surface area contributed by atoms with Crippen molar-refractivity contribution in [1.29, 1.82) is 5.26 Å². The largest absolute Gasteiger partial charge is 0.438 e. The highest BCUT2D eigenvalue weighted by molar-refractivity contribution is 7.89. The predicted octanol–water partition coefficient (Wildman–Crippen LogP) is 3.55. The first-order chi connectivity index (χ1) is 13.9. The molecule has 8 heteroatoms. The number of hydrogen-bond donors (Lipinski definition) is 0. The lowest BCUT2D eigenvalue weighted by molar-refractivity contribution is 0.0663. The van der Waals surface area contributed by atoms with E-state index in [0.717, 1.165) is 24.8 Å². The number of furan rings is 1. The lowest BCUT2D eigenvalue weighted by Gasteiger charge is -2.27. The zero-order valence-electron chi connectivity index (χ0n) is 16.7. The molecule has 0 spiro atoms. The molecule has 0 saturated carbocycles. The molecule has 0 bridgehead atoms. The number of sulfonamides is 1. The summed E-state index contributed by atoms with van der Waals surface area (Å²) < 4.78 is 32.4. The van der Waals surface area contributed by atoms with Crippen molar-refractivity contribution in [2.24, 2.45) is 0 Å². The summed E-state index contributed by atoms with van der Waals surface area (Å²) in [5.41, 5.74) is 1.43. The van der Waals surface area contributed by atoms with Crippen molar-refractivity contribution in [3.05, 3.63) is 53.3 Å². The Bertz CT molecular complexity index is 999. The van der Waals surface area contributed by atoms with Gasteiger partial charge in [0.1, 0.15) is 0 Å². The van der Waals surface area contributed by atoms with Crippen molar-refractivity contribution < 1.29 is 17.6 Å². The van der Waals surface area contributed by atoms with Crippen LogP contribution in [0.3, 0.4) is 0 Å². The Morgan fingerprint density at radius 3 is 2.41 bits per heavy atom. The molecular weight excluding hydrogens is 390 g/mol. The molecule has 1 amide bonds. The van der Waals surface area contributed by atoms with Gasteiger partial charge < -0.3 is 9.32 Å². The van der Waals surface area contributed by atoms with Gasteiger partial charge in [-0.3, -0.25) is 4.79 Å². The van der Waals surface area contributed by atoms with Gasteiger partial charge in [-0.25, -0.2) is 8.42 Å². The van der Waals surface area contributed by atoms with E-state index in [4.69, 9.17) is 9.68 Å². The monoisotopic (exact) mass is 415 g/mol. The SMILES string of the molecule is CCN(C(=O)c1ccc(S(=O)(=O)N2CCCCC2)o1)C(C)c1ccc(C#N)cc1. The van der Waals surface area contributed by atoms with Crippen LogP contribution in [0.25, 0.3) is 0 Å². The highest BCUT2D eigenvalue weighted by Gasteiger charge is 2.31. The number of piperidine rings is 1. The van der Waals surface area contributed by atoms with Crippen LogP contribution < -0.4 is 0 Å². The summed E-state index contributed by atoms with van der Waals surface area (Å²) in [6, 6.07) is 11.6. The number of nitrogens with zero attached hydrogens (tertiary/aromatic N) is 3. The maximum absolute atomic E-state index is 13.0. The van der Waals surface area contributed by atoms with Crippen molar-refractivity contribution in [3.63, 3.8) is 0 Å². The van der Waals surface area contributed by atoms with Gasteiger partial charge >= 0.3 is 0 Å². The zero-order valence-corrected chi connectivity index (χ0v) is 17.5. The average Bonchev–Trinajstić information content (AvgIpc) is 3.26. The number of benzene rings is 1. The highest BCUT2D eigenvalue weighted by Crippen LogP contribution is 2.26. The second-order valence-corrected chi connectivity index (χ2v) is 8.95. The lowest BCUT2D eigenvalue weighted by atomic mass is 10.0. The van der Waals surface area contributed by atoms with Crippen LogP contribution in [0.2, 0.25) is 0 Å². The molecule has 2 aromatic rings. The maximum Gasteiger partial charge on any atom is 0.290 e. The molecule has 2 heterocycles. The van der Waals surface area contributed by atoms with E-state index in [0.29, 0.717) is 25.2 Å². The van der Waals surface area contributed by atoms with Gasteiger partial charge in [0.2, 0.25) is 5.09 Å². The number of carbonyl (C=O) groups excluding carboxylic acids is 1. The number of nitriles is 1. The Balaban J connectivity index is 1.80. The first kappa shape index (κ1) is 21.1. The van der Waals surface area contributed by atoms with E-state index in [-0.39, 0.29) is 22.8 Å². The van der Waals surface area contributed by atoms with Crippen LogP contribution in [0.1, 0.15) is 60.8 Å². The van der Waals surface area contributed by atoms with E-state index in [9.17, 15) is 13.2 Å². The fourth-order valence-electron chi connectivity index (χ4n) is 3.56. The van der Waals surface area contributed by atoms with Crippen LogP contribution in [0.4, 0.5) is 0 Å². The van der Waals surface area contributed by atoms with E-state index in [1.165, 1.54) is 16.4 Å². The van der Waals surface area contributed by atoms with Crippen LogP contribution in [0.15, 0.2) is 45.9 Å². The molecule has 1 fully saturated rings. The third-order valence-corrected chi connectivity index (χ3v) is 7.07. The molecule has 1 aliphatic rings. The van der Waals surface area contributed by atoms with Gasteiger partial charge in [-0.1, -0.05) is 18.6 Å². The Hall–Kier alpha value is -2.63. The third-order valence-electron chi connectivity index (χ3n) is 5.29. The number of rotatable bonds is 6. The van der Waals surface area contributed by atoms with Gasteiger partial charge in [-0.2, -0.15) is 9.57 Å². The molecule has 1 atom stereocenters. The smallest absolute Gasteiger partial charge is 0.290 e. The van der Waals surface area contributed by atoms with E-state index in [1.54, 1.807) is 17.0 Å². The fourth-order valence-corrected chi connectivity index (χ4v) is 4.99. The van der Waals surface area contributed by atoms with Crippen LogP contribution >= 0.6 is 0 Å². The molecule has 7 nitrogen and oxygen atoms in total. The first-order valence-corrected chi connectivity index (χ1v) is 11.2. The molecule has 0 radical (unpaired) electrons. The number of carbonyl (C=O) groups is 1. The molecule has 0 aliphatic carbocycles. The fraction of sp³-hybridized carbons (Fsp3) is 0.429. The van der Waals surface area contributed by atoms with Crippen molar-refractivity contribution in [2.75, 3.05) is 19.6 Å². The van der Waals surface area contributed by atoms with Gasteiger partial charge in [0.15, 0.2) is 5.76 Å². The van der Waals surface area contributed by atoms with Gasteiger partial charge in [0.25, 0.3) is 15.9 Å². The summed E-state index contributed by atoms with van der Waals surface area (Å²) in [6.07, 6.45) is 2.68. The Labute approximate surface area is 171 Å². The Morgan fingerprint density at radius 2 is 1.83 bits per heavy atom. The molecule has 154 valence electrons. The summed E-state index contributed by atoms with van der Waals surface area (Å²) in [5.74, 6) is -0.368. The molecule has 0 N–H and O–H groups in total. The molecule has 1 saturated heterocycles. The zero-order chi connectivity index (χ0) is 21.0. The average molecular weight is 416 g/mol. The number of hydrogen-bond acceptors (Lipinski definition) is 5. The van der Waals surface area contributed by atoms with E-state index >= 15 is 0 Å². The minimum absolute atomic E-state index is 0.00271. The van der Waals surface area contributed by atoms with Crippen molar-refractivity contribution >= 4 is 15.9 Å². The molecular formula is C21H25N3O4S. The molecule has 1 aliphatic heterocycles. The summed E-state index contributed by atoms with van der Waals surface area (Å²) >= 11 is 0. The molecule has 1 aromatic heterocycles.